The van der Waals surface area contributed by atoms with Crippen molar-refractivity contribution in [2.24, 2.45) is 5.92 Å². The van der Waals surface area contributed by atoms with E-state index in [9.17, 15) is 4.79 Å². The quantitative estimate of drug-likeness (QED) is 0.811. The van der Waals surface area contributed by atoms with Crippen LogP contribution in [-0.2, 0) is 9.53 Å². The number of ether oxygens (including phenoxy) is 1. The van der Waals surface area contributed by atoms with Gasteiger partial charge in [-0.1, -0.05) is 0 Å². The summed E-state index contributed by atoms with van der Waals surface area (Å²) < 4.78 is 6.03. The van der Waals surface area contributed by atoms with Crippen molar-refractivity contribution < 1.29 is 9.53 Å². The largest absolute Gasteiger partial charge is 0.374 e. The van der Waals surface area contributed by atoms with E-state index >= 15 is 0 Å². The number of hydrogen-bond acceptors (Lipinski definition) is 5. The Balaban J connectivity index is 1.60. The van der Waals surface area contributed by atoms with E-state index in [-0.39, 0.29) is 17.4 Å². The van der Waals surface area contributed by atoms with Crippen LogP contribution in [0.5, 0.6) is 0 Å². The second-order valence-electron chi connectivity index (χ2n) is 6.16. The second kappa shape index (κ2) is 5.60. The molecule has 21 heavy (non-hydrogen) atoms. The highest BCUT2D eigenvalue weighted by Gasteiger charge is 2.45. The molecule has 114 valence electrons. The monoisotopic (exact) mass is 290 g/mol. The molecule has 0 aromatic carbocycles. The molecule has 6 heteroatoms. The van der Waals surface area contributed by atoms with E-state index in [1.54, 1.807) is 17.3 Å². The molecule has 0 bridgehead atoms. The third-order valence-electron chi connectivity index (χ3n) is 4.51. The summed E-state index contributed by atoms with van der Waals surface area (Å²) in [6, 6.07) is 1.83. The predicted molar refractivity (Wildman–Crippen MR) is 79.0 cm³/mol. The highest BCUT2D eigenvalue weighted by atomic mass is 16.5. The van der Waals surface area contributed by atoms with Gasteiger partial charge in [-0.2, -0.15) is 0 Å². The molecular formula is C15H22N4O2. The van der Waals surface area contributed by atoms with Gasteiger partial charge in [-0.3, -0.25) is 4.79 Å². The maximum absolute atomic E-state index is 12.1. The van der Waals surface area contributed by atoms with Crippen molar-refractivity contribution in [3.05, 3.63) is 18.5 Å². The molecule has 3 heterocycles. The Morgan fingerprint density at radius 2 is 2.00 bits per heavy atom. The average molecular weight is 290 g/mol. The summed E-state index contributed by atoms with van der Waals surface area (Å²) in [5.74, 6) is 0.978. The van der Waals surface area contributed by atoms with E-state index in [0.717, 1.165) is 38.3 Å². The molecule has 6 nitrogen and oxygen atoms in total. The molecule has 0 N–H and O–H groups in total. The number of nitrogens with zero attached hydrogens (tertiary/aromatic N) is 4. The van der Waals surface area contributed by atoms with Crippen LogP contribution < -0.4 is 4.90 Å². The summed E-state index contributed by atoms with van der Waals surface area (Å²) in [5.41, 5.74) is -0.123. The zero-order valence-corrected chi connectivity index (χ0v) is 12.7. The number of rotatable bonds is 2. The minimum absolute atomic E-state index is 0.0134. The van der Waals surface area contributed by atoms with Gasteiger partial charge in [0.15, 0.2) is 0 Å². The lowest BCUT2D eigenvalue weighted by molar-refractivity contribution is -0.132. The van der Waals surface area contributed by atoms with Crippen LogP contribution in [0.25, 0.3) is 0 Å². The van der Waals surface area contributed by atoms with Crippen molar-refractivity contribution in [3.63, 3.8) is 0 Å². The standard InChI is InChI=1S/C15H22N4O2/c1-18(2)13(20)12-10-15(21-11-12)4-8-19(9-5-15)14-16-6-3-7-17-14/h3,6-7,12H,4-5,8-11H2,1-2H3/t12-/m0/s1. The van der Waals surface area contributed by atoms with Crippen LogP contribution in [0.1, 0.15) is 19.3 Å². The molecule has 3 rings (SSSR count). The third-order valence-corrected chi connectivity index (χ3v) is 4.51. The van der Waals surface area contributed by atoms with E-state index in [1.165, 1.54) is 0 Å². The van der Waals surface area contributed by atoms with Crippen molar-refractivity contribution in [2.75, 3.05) is 38.7 Å². The van der Waals surface area contributed by atoms with Gasteiger partial charge in [-0.15, -0.1) is 0 Å². The second-order valence-corrected chi connectivity index (χ2v) is 6.16. The summed E-state index contributed by atoms with van der Waals surface area (Å²) >= 11 is 0. The molecule has 1 spiro atoms. The number of hydrogen-bond donors (Lipinski definition) is 0. The number of piperidine rings is 1. The Labute approximate surface area is 125 Å². The third kappa shape index (κ3) is 2.85. The van der Waals surface area contributed by atoms with Gasteiger partial charge in [-0.25, -0.2) is 9.97 Å². The topological polar surface area (TPSA) is 58.6 Å². The van der Waals surface area contributed by atoms with E-state index < -0.39 is 0 Å². The van der Waals surface area contributed by atoms with Crippen molar-refractivity contribution in [1.82, 2.24) is 14.9 Å². The van der Waals surface area contributed by atoms with Gasteiger partial charge >= 0.3 is 0 Å². The molecule has 1 aromatic rings. The fourth-order valence-electron chi connectivity index (χ4n) is 3.29. The zero-order chi connectivity index (χ0) is 14.9. The molecule has 0 unspecified atom stereocenters. The SMILES string of the molecule is CN(C)C(=O)[C@@H]1COC2(CCN(c3ncccn3)CC2)C1. The molecule has 0 aliphatic carbocycles. The first-order chi connectivity index (χ1) is 10.1. The Hall–Kier alpha value is -1.69. The van der Waals surface area contributed by atoms with Crippen molar-refractivity contribution in [2.45, 2.75) is 24.9 Å². The Bertz CT molecular complexity index is 498. The zero-order valence-electron chi connectivity index (χ0n) is 12.7. The highest BCUT2D eigenvalue weighted by molar-refractivity contribution is 5.78. The molecule has 1 amide bonds. The summed E-state index contributed by atoms with van der Waals surface area (Å²) in [6.45, 7) is 2.32. The Kier molecular flexibility index (Phi) is 3.80. The van der Waals surface area contributed by atoms with Crippen LogP contribution in [0.15, 0.2) is 18.5 Å². The van der Waals surface area contributed by atoms with E-state index in [0.29, 0.717) is 6.61 Å². The average Bonchev–Trinajstić information content (AvgIpc) is 2.92. The Morgan fingerprint density at radius 3 is 2.62 bits per heavy atom. The smallest absolute Gasteiger partial charge is 0.227 e. The first-order valence-corrected chi connectivity index (χ1v) is 7.47. The van der Waals surface area contributed by atoms with Gasteiger partial charge in [-0.05, 0) is 25.3 Å². The van der Waals surface area contributed by atoms with E-state index in [4.69, 9.17) is 4.74 Å². The van der Waals surface area contributed by atoms with Crippen LogP contribution in [0, 0.1) is 5.92 Å². The lowest BCUT2D eigenvalue weighted by Crippen LogP contribution is -2.45. The van der Waals surface area contributed by atoms with Crippen molar-refractivity contribution >= 4 is 11.9 Å². The fourth-order valence-corrected chi connectivity index (χ4v) is 3.29. The predicted octanol–water partition coefficient (Wildman–Crippen LogP) is 0.940. The van der Waals surface area contributed by atoms with Crippen molar-refractivity contribution in [3.8, 4) is 0 Å². The minimum Gasteiger partial charge on any atom is -0.374 e. The van der Waals surface area contributed by atoms with Gasteiger partial charge in [0.2, 0.25) is 11.9 Å². The molecule has 0 radical (unpaired) electrons. The summed E-state index contributed by atoms with van der Waals surface area (Å²) in [6.07, 6.45) is 6.24. The lowest BCUT2D eigenvalue weighted by Gasteiger charge is -2.38. The maximum atomic E-state index is 12.1. The fraction of sp³-hybridized carbons (Fsp3) is 0.667. The number of amides is 1. The normalized spacial score (nSPS) is 24.3. The molecule has 0 saturated carbocycles. The summed E-state index contributed by atoms with van der Waals surface area (Å²) in [4.78, 5) is 24.5. The molecule has 2 aliphatic rings. The van der Waals surface area contributed by atoms with Crippen LogP contribution >= 0.6 is 0 Å². The number of carbonyl (C=O) groups excluding carboxylic acids is 1. The first-order valence-electron chi connectivity index (χ1n) is 7.47. The molecule has 2 fully saturated rings. The van der Waals surface area contributed by atoms with Gasteiger partial charge < -0.3 is 14.5 Å². The van der Waals surface area contributed by atoms with Crippen LogP contribution in [-0.4, -0.2) is 60.2 Å². The van der Waals surface area contributed by atoms with Gasteiger partial charge in [0.1, 0.15) is 0 Å². The number of anilines is 1. The summed E-state index contributed by atoms with van der Waals surface area (Å²) in [7, 11) is 3.62. The summed E-state index contributed by atoms with van der Waals surface area (Å²) in [5, 5.41) is 0. The van der Waals surface area contributed by atoms with E-state index in [1.807, 2.05) is 20.2 Å². The minimum atomic E-state index is -0.123. The lowest BCUT2D eigenvalue weighted by atomic mass is 9.85. The van der Waals surface area contributed by atoms with Gasteiger partial charge in [0.25, 0.3) is 0 Å². The van der Waals surface area contributed by atoms with E-state index in [2.05, 4.69) is 14.9 Å². The van der Waals surface area contributed by atoms with Crippen LogP contribution in [0.4, 0.5) is 5.95 Å². The first kappa shape index (κ1) is 14.3. The van der Waals surface area contributed by atoms with Crippen molar-refractivity contribution in [1.29, 1.82) is 0 Å². The molecule has 1 aromatic heterocycles. The molecular weight excluding hydrogens is 268 g/mol. The highest BCUT2D eigenvalue weighted by Crippen LogP contribution is 2.39. The van der Waals surface area contributed by atoms with Crippen LogP contribution in [0.2, 0.25) is 0 Å². The molecule has 2 aliphatic heterocycles. The molecule has 2 saturated heterocycles. The Morgan fingerprint density at radius 1 is 1.33 bits per heavy atom. The number of carbonyl (C=O) groups is 1. The molecule has 1 atom stereocenters. The maximum Gasteiger partial charge on any atom is 0.227 e. The van der Waals surface area contributed by atoms with Gasteiger partial charge in [0, 0.05) is 39.6 Å². The van der Waals surface area contributed by atoms with Gasteiger partial charge in [0.05, 0.1) is 18.1 Å². The van der Waals surface area contributed by atoms with Crippen LogP contribution in [0.3, 0.4) is 0 Å². The number of aromatic nitrogens is 2.